The van der Waals surface area contributed by atoms with Crippen molar-refractivity contribution in [1.82, 2.24) is 10.3 Å². The zero-order chi connectivity index (χ0) is 18.6. The molecule has 1 heterocycles. The minimum atomic E-state index is -0.103. The molecule has 4 nitrogen and oxygen atoms in total. The van der Waals surface area contributed by atoms with Crippen LogP contribution in [0.3, 0.4) is 0 Å². The molecule has 1 aromatic heterocycles. The number of ether oxygens (including phenoxy) is 1. The Balaban J connectivity index is 1.51. The minimum absolute atomic E-state index is 0.0254. The number of para-hydroxylation sites is 2. The van der Waals surface area contributed by atoms with Crippen LogP contribution in [-0.4, -0.2) is 24.0 Å². The van der Waals surface area contributed by atoms with Crippen LogP contribution in [0, 0.1) is 0 Å². The average Bonchev–Trinajstić information content (AvgIpc) is 3.03. The van der Waals surface area contributed by atoms with Crippen molar-refractivity contribution in [3.8, 4) is 5.75 Å². The molecule has 136 valence electrons. The van der Waals surface area contributed by atoms with Gasteiger partial charge in [-0.05, 0) is 35.1 Å². The van der Waals surface area contributed by atoms with Gasteiger partial charge in [0.25, 0.3) is 5.91 Å². The molecule has 0 aliphatic heterocycles. The van der Waals surface area contributed by atoms with Gasteiger partial charge in [-0.3, -0.25) is 4.79 Å². The third-order valence-electron chi connectivity index (χ3n) is 4.45. The highest BCUT2D eigenvalue weighted by molar-refractivity contribution is 5.83. The minimum Gasteiger partial charge on any atom is -0.483 e. The number of H-pyrrole nitrogens is 1. The van der Waals surface area contributed by atoms with E-state index in [1.165, 1.54) is 10.9 Å². The van der Waals surface area contributed by atoms with Gasteiger partial charge in [0.15, 0.2) is 6.61 Å². The normalized spacial score (nSPS) is 11.5. The Morgan fingerprint density at radius 1 is 1.08 bits per heavy atom. The van der Waals surface area contributed by atoms with Crippen molar-refractivity contribution >= 4 is 16.8 Å². The number of aromatic amines is 1. The number of carbonyl (C=O) groups excluding carboxylic acids is 1. The second-order valence-electron chi connectivity index (χ2n) is 7.49. The maximum absolute atomic E-state index is 12.1. The summed E-state index contributed by atoms with van der Waals surface area (Å²) in [5.74, 6) is 0.667. The highest BCUT2D eigenvalue weighted by Crippen LogP contribution is 2.30. The van der Waals surface area contributed by atoms with Crippen LogP contribution < -0.4 is 10.1 Å². The summed E-state index contributed by atoms with van der Waals surface area (Å²) < 4.78 is 5.77. The SMILES string of the molecule is CC(C)(C)c1ccccc1OCC(=O)NCCc1c[nH]c2ccccc12. The van der Waals surface area contributed by atoms with Crippen LogP contribution in [0.2, 0.25) is 0 Å². The highest BCUT2D eigenvalue weighted by Gasteiger charge is 2.18. The van der Waals surface area contributed by atoms with E-state index in [-0.39, 0.29) is 17.9 Å². The van der Waals surface area contributed by atoms with Crippen LogP contribution in [0.15, 0.2) is 54.7 Å². The first-order valence-corrected chi connectivity index (χ1v) is 8.99. The van der Waals surface area contributed by atoms with E-state index in [9.17, 15) is 4.79 Å². The molecule has 0 aliphatic rings. The van der Waals surface area contributed by atoms with Crippen molar-refractivity contribution in [2.24, 2.45) is 0 Å². The fourth-order valence-electron chi connectivity index (χ4n) is 3.08. The van der Waals surface area contributed by atoms with Gasteiger partial charge in [-0.15, -0.1) is 0 Å². The number of carbonyl (C=O) groups is 1. The molecule has 0 spiro atoms. The van der Waals surface area contributed by atoms with Gasteiger partial charge in [0.2, 0.25) is 0 Å². The van der Waals surface area contributed by atoms with Gasteiger partial charge < -0.3 is 15.0 Å². The molecule has 0 saturated heterocycles. The van der Waals surface area contributed by atoms with E-state index in [0.717, 1.165) is 23.3 Å². The summed E-state index contributed by atoms with van der Waals surface area (Å²) in [5.41, 5.74) is 3.41. The van der Waals surface area contributed by atoms with E-state index >= 15 is 0 Å². The lowest BCUT2D eigenvalue weighted by Gasteiger charge is -2.22. The quantitative estimate of drug-likeness (QED) is 0.700. The Labute approximate surface area is 154 Å². The van der Waals surface area contributed by atoms with E-state index in [0.29, 0.717) is 6.54 Å². The average molecular weight is 350 g/mol. The van der Waals surface area contributed by atoms with Gasteiger partial charge in [0.05, 0.1) is 0 Å². The molecule has 1 amide bonds. The lowest BCUT2D eigenvalue weighted by molar-refractivity contribution is -0.123. The van der Waals surface area contributed by atoms with Crippen molar-refractivity contribution in [3.05, 3.63) is 65.9 Å². The number of amides is 1. The van der Waals surface area contributed by atoms with Crippen molar-refractivity contribution in [2.45, 2.75) is 32.6 Å². The molecule has 3 rings (SSSR count). The van der Waals surface area contributed by atoms with E-state index < -0.39 is 0 Å². The molecule has 2 aromatic carbocycles. The molecule has 0 radical (unpaired) electrons. The molecule has 0 fully saturated rings. The zero-order valence-corrected chi connectivity index (χ0v) is 15.6. The van der Waals surface area contributed by atoms with Gasteiger partial charge in [0, 0.05) is 23.6 Å². The third-order valence-corrected chi connectivity index (χ3v) is 4.45. The molecule has 4 heteroatoms. The fraction of sp³-hybridized carbons (Fsp3) is 0.318. The molecular weight excluding hydrogens is 324 g/mol. The van der Waals surface area contributed by atoms with E-state index in [1.54, 1.807) is 0 Å². The Kier molecular flexibility index (Phi) is 5.31. The third kappa shape index (κ3) is 4.26. The van der Waals surface area contributed by atoms with Crippen molar-refractivity contribution in [1.29, 1.82) is 0 Å². The molecule has 0 unspecified atom stereocenters. The summed E-state index contributed by atoms with van der Waals surface area (Å²) in [4.78, 5) is 15.4. The molecular formula is C22H26N2O2. The Morgan fingerprint density at radius 3 is 2.62 bits per heavy atom. The summed E-state index contributed by atoms with van der Waals surface area (Å²) in [6.07, 6.45) is 2.79. The maximum Gasteiger partial charge on any atom is 0.257 e. The fourth-order valence-corrected chi connectivity index (χ4v) is 3.08. The second-order valence-corrected chi connectivity index (χ2v) is 7.49. The predicted octanol–water partition coefficient (Wildman–Crippen LogP) is 4.20. The summed E-state index contributed by atoms with van der Waals surface area (Å²) in [5, 5.41) is 4.14. The molecule has 0 bridgehead atoms. The number of aromatic nitrogens is 1. The molecule has 2 N–H and O–H groups in total. The topological polar surface area (TPSA) is 54.1 Å². The summed E-state index contributed by atoms with van der Waals surface area (Å²) >= 11 is 0. The summed E-state index contributed by atoms with van der Waals surface area (Å²) in [7, 11) is 0. The number of hydrogen-bond donors (Lipinski definition) is 2. The smallest absolute Gasteiger partial charge is 0.257 e. The first-order chi connectivity index (χ1) is 12.4. The van der Waals surface area contributed by atoms with Gasteiger partial charge in [-0.1, -0.05) is 57.2 Å². The predicted molar refractivity (Wildman–Crippen MR) is 106 cm³/mol. The zero-order valence-electron chi connectivity index (χ0n) is 15.6. The lowest BCUT2D eigenvalue weighted by atomic mass is 9.86. The van der Waals surface area contributed by atoms with E-state index in [4.69, 9.17) is 4.74 Å². The number of hydrogen-bond acceptors (Lipinski definition) is 2. The largest absolute Gasteiger partial charge is 0.483 e. The number of benzene rings is 2. The van der Waals surface area contributed by atoms with Gasteiger partial charge in [-0.2, -0.15) is 0 Å². The standard InChI is InChI=1S/C22H26N2O2/c1-22(2,3)18-9-5-7-11-20(18)26-15-21(25)23-13-12-16-14-24-19-10-6-4-8-17(16)19/h4-11,14,24H,12-13,15H2,1-3H3,(H,23,25). The molecule has 0 atom stereocenters. The van der Waals surface area contributed by atoms with Crippen LogP contribution in [0.1, 0.15) is 31.9 Å². The highest BCUT2D eigenvalue weighted by atomic mass is 16.5. The first-order valence-electron chi connectivity index (χ1n) is 8.99. The molecule has 3 aromatic rings. The Hall–Kier alpha value is -2.75. The van der Waals surface area contributed by atoms with E-state index in [1.807, 2.05) is 42.6 Å². The number of rotatable bonds is 6. The molecule has 26 heavy (non-hydrogen) atoms. The summed E-state index contributed by atoms with van der Waals surface area (Å²) in [6, 6.07) is 16.1. The molecule has 0 aliphatic carbocycles. The van der Waals surface area contributed by atoms with Gasteiger partial charge in [-0.25, -0.2) is 0 Å². The monoisotopic (exact) mass is 350 g/mol. The second kappa shape index (κ2) is 7.65. The van der Waals surface area contributed by atoms with Gasteiger partial charge >= 0.3 is 0 Å². The first kappa shape index (κ1) is 18.1. The molecule has 0 saturated carbocycles. The van der Waals surface area contributed by atoms with Crippen LogP contribution in [-0.2, 0) is 16.6 Å². The Morgan fingerprint density at radius 2 is 1.81 bits per heavy atom. The number of fused-ring (bicyclic) bond motifs is 1. The maximum atomic E-state index is 12.1. The lowest BCUT2D eigenvalue weighted by Crippen LogP contribution is -2.31. The van der Waals surface area contributed by atoms with Crippen LogP contribution in [0.5, 0.6) is 5.75 Å². The Bertz CT molecular complexity index is 890. The van der Waals surface area contributed by atoms with Crippen molar-refractivity contribution < 1.29 is 9.53 Å². The van der Waals surface area contributed by atoms with Crippen molar-refractivity contribution in [2.75, 3.05) is 13.2 Å². The van der Waals surface area contributed by atoms with Crippen LogP contribution >= 0.6 is 0 Å². The van der Waals surface area contributed by atoms with E-state index in [2.05, 4.69) is 43.2 Å². The van der Waals surface area contributed by atoms with Gasteiger partial charge in [0.1, 0.15) is 5.75 Å². The van der Waals surface area contributed by atoms with Crippen molar-refractivity contribution in [3.63, 3.8) is 0 Å². The summed E-state index contributed by atoms with van der Waals surface area (Å²) in [6.45, 7) is 7.02. The van der Waals surface area contributed by atoms with Crippen LogP contribution in [0.25, 0.3) is 10.9 Å². The number of nitrogens with one attached hydrogen (secondary N) is 2. The van der Waals surface area contributed by atoms with Crippen LogP contribution in [0.4, 0.5) is 0 Å².